The van der Waals surface area contributed by atoms with Gasteiger partial charge in [-0.1, -0.05) is 17.3 Å². The van der Waals surface area contributed by atoms with Crippen molar-refractivity contribution in [3.05, 3.63) is 53.6 Å². The third-order valence-electron chi connectivity index (χ3n) is 3.16. The number of aromatic hydroxyl groups is 1. The van der Waals surface area contributed by atoms with Crippen LogP contribution in [0.15, 0.2) is 47.6 Å². The minimum absolute atomic E-state index is 0.0444. The Bertz CT molecular complexity index is 635. The predicted octanol–water partition coefficient (Wildman–Crippen LogP) is 2.83. The second-order valence-electron chi connectivity index (χ2n) is 4.46. The smallest absolute Gasteiger partial charge is 0.161 e. The van der Waals surface area contributed by atoms with Crippen molar-refractivity contribution in [1.82, 2.24) is 0 Å². The van der Waals surface area contributed by atoms with Gasteiger partial charge in [-0.15, -0.1) is 0 Å². The number of nitrogens with zero attached hydrogens (tertiary/aromatic N) is 1. The van der Waals surface area contributed by atoms with E-state index in [0.29, 0.717) is 23.4 Å². The lowest BCUT2D eigenvalue weighted by Crippen LogP contribution is -2.06. The summed E-state index contributed by atoms with van der Waals surface area (Å²) in [7, 11) is 3.08. The molecule has 0 fully saturated rings. The molecule has 21 heavy (non-hydrogen) atoms. The molecule has 2 aromatic carbocycles. The number of oxime groups is 1. The van der Waals surface area contributed by atoms with Crippen LogP contribution in [0.25, 0.3) is 0 Å². The van der Waals surface area contributed by atoms with Crippen LogP contribution in [0, 0.1) is 0 Å². The molecule has 2 rings (SSSR count). The number of rotatable bonds is 5. The highest BCUT2D eigenvalue weighted by atomic mass is 16.5. The Morgan fingerprint density at radius 3 is 2.33 bits per heavy atom. The normalized spacial score (nSPS) is 11.2. The van der Waals surface area contributed by atoms with Gasteiger partial charge >= 0.3 is 0 Å². The highest BCUT2D eigenvalue weighted by molar-refractivity contribution is 6.02. The minimum atomic E-state index is 0.0444. The number of hydrogen-bond acceptors (Lipinski definition) is 5. The first-order valence-corrected chi connectivity index (χ1v) is 6.39. The van der Waals surface area contributed by atoms with E-state index in [2.05, 4.69) is 5.16 Å². The van der Waals surface area contributed by atoms with Gasteiger partial charge in [0, 0.05) is 12.0 Å². The Kier molecular flexibility index (Phi) is 4.66. The van der Waals surface area contributed by atoms with E-state index in [0.717, 1.165) is 11.3 Å². The Hall–Kier alpha value is -2.69. The summed E-state index contributed by atoms with van der Waals surface area (Å²) in [4.78, 5) is 0. The maximum absolute atomic E-state index is 9.60. The number of methoxy groups -OCH3 is 2. The highest BCUT2D eigenvalue weighted by Crippen LogP contribution is 2.27. The molecule has 0 unspecified atom stereocenters. The second-order valence-corrected chi connectivity index (χ2v) is 4.46. The van der Waals surface area contributed by atoms with Crippen LogP contribution < -0.4 is 9.47 Å². The van der Waals surface area contributed by atoms with Gasteiger partial charge in [-0.05, 0) is 35.9 Å². The number of hydrogen-bond donors (Lipinski definition) is 2. The third kappa shape index (κ3) is 3.45. The molecule has 0 amide bonds. The molecule has 2 aromatic rings. The Morgan fingerprint density at radius 1 is 1.05 bits per heavy atom. The molecule has 0 saturated heterocycles. The maximum Gasteiger partial charge on any atom is 0.161 e. The molecule has 2 N–H and O–H groups in total. The second kappa shape index (κ2) is 6.65. The van der Waals surface area contributed by atoms with Crippen LogP contribution in [-0.4, -0.2) is 30.2 Å². The summed E-state index contributed by atoms with van der Waals surface area (Å²) in [6, 6.07) is 12.3. The first kappa shape index (κ1) is 14.7. The molecule has 0 heterocycles. The van der Waals surface area contributed by atoms with Gasteiger partial charge in [0.05, 0.1) is 19.9 Å². The van der Waals surface area contributed by atoms with Crippen LogP contribution in [0.5, 0.6) is 17.2 Å². The summed E-state index contributed by atoms with van der Waals surface area (Å²) in [6.45, 7) is 0. The molecule has 0 radical (unpaired) electrons. The van der Waals surface area contributed by atoms with Crippen molar-refractivity contribution in [1.29, 1.82) is 0 Å². The molecule has 0 aliphatic heterocycles. The molecule has 0 atom stereocenters. The van der Waals surface area contributed by atoms with E-state index in [1.807, 2.05) is 24.3 Å². The molecule has 0 aliphatic rings. The zero-order valence-corrected chi connectivity index (χ0v) is 11.9. The van der Waals surface area contributed by atoms with Gasteiger partial charge in [0.2, 0.25) is 0 Å². The zero-order valence-electron chi connectivity index (χ0n) is 11.9. The topological polar surface area (TPSA) is 71.3 Å². The first-order valence-electron chi connectivity index (χ1n) is 6.39. The van der Waals surface area contributed by atoms with Gasteiger partial charge in [-0.25, -0.2) is 0 Å². The van der Waals surface area contributed by atoms with Gasteiger partial charge in [0.25, 0.3) is 0 Å². The van der Waals surface area contributed by atoms with Crippen LogP contribution in [0.2, 0.25) is 0 Å². The average Bonchev–Trinajstić information content (AvgIpc) is 2.54. The lowest BCUT2D eigenvalue weighted by atomic mass is 10.0. The summed E-state index contributed by atoms with van der Waals surface area (Å²) in [5.41, 5.74) is 2.15. The molecule has 0 bridgehead atoms. The number of ether oxygens (including phenoxy) is 2. The Balaban J connectivity index is 2.23. The molecular weight excluding hydrogens is 270 g/mol. The average molecular weight is 287 g/mol. The summed E-state index contributed by atoms with van der Waals surface area (Å²) in [5.74, 6) is 1.15. The maximum atomic E-state index is 9.60. The van der Waals surface area contributed by atoms with Gasteiger partial charge in [-0.2, -0.15) is 0 Å². The van der Waals surface area contributed by atoms with Crippen LogP contribution in [0.3, 0.4) is 0 Å². The predicted molar refractivity (Wildman–Crippen MR) is 79.7 cm³/mol. The van der Waals surface area contributed by atoms with Crippen molar-refractivity contribution in [3.63, 3.8) is 0 Å². The monoisotopic (exact) mass is 287 g/mol. The molecule has 0 saturated carbocycles. The van der Waals surface area contributed by atoms with Crippen LogP contribution >= 0.6 is 0 Å². The van der Waals surface area contributed by atoms with Crippen LogP contribution in [-0.2, 0) is 6.42 Å². The fourth-order valence-corrected chi connectivity index (χ4v) is 1.99. The van der Waals surface area contributed by atoms with E-state index in [-0.39, 0.29) is 5.75 Å². The Morgan fingerprint density at radius 2 is 1.76 bits per heavy atom. The van der Waals surface area contributed by atoms with Crippen molar-refractivity contribution < 1.29 is 19.8 Å². The summed E-state index contributed by atoms with van der Waals surface area (Å²) < 4.78 is 10.2. The SMILES string of the molecule is COc1ccc(C/C(=N/O)c2ccc(O)c(OC)c2)cc1. The van der Waals surface area contributed by atoms with E-state index in [4.69, 9.17) is 9.47 Å². The fourth-order valence-electron chi connectivity index (χ4n) is 1.99. The molecule has 5 nitrogen and oxygen atoms in total. The van der Waals surface area contributed by atoms with E-state index in [1.54, 1.807) is 19.2 Å². The molecule has 110 valence electrons. The quantitative estimate of drug-likeness (QED) is 0.504. The summed E-state index contributed by atoms with van der Waals surface area (Å²) >= 11 is 0. The van der Waals surface area contributed by atoms with E-state index >= 15 is 0 Å². The number of phenols is 1. The first-order chi connectivity index (χ1) is 10.2. The van der Waals surface area contributed by atoms with Crippen molar-refractivity contribution in [2.45, 2.75) is 6.42 Å². The summed E-state index contributed by atoms with van der Waals surface area (Å²) in [6.07, 6.45) is 0.453. The van der Waals surface area contributed by atoms with Crippen molar-refractivity contribution in [2.24, 2.45) is 5.16 Å². The lowest BCUT2D eigenvalue weighted by Gasteiger charge is -2.09. The van der Waals surface area contributed by atoms with Gasteiger partial charge in [-0.3, -0.25) is 0 Å². The summed E-state index contributed by atoms with van der Waals surface area (Å²) in [5, 5.41) is 22.2. The van der Waals surface area contributed by atoms with E-state index in [9.17, 15) is 10.3 Å². The van der Waals surface area contributed by atoms with Gasteiger partial charge in [0.1, 0.15) is 5.75 Å². The van der Waals surface area contributed by atoms with E-state index < -0.39 is 0 Å². The van der Waals surface area contributed by atoms with Crippen LogP contribution in [0.4, 0.5) is 0 Å². The van der Waals surface area contributed by atoms with Gasteiger partial charge in [0.15, 0.2) is 11.5 Å². The van der Waals surface area contributed by atoms with E-state index in [1.165, 1.54) is 13.2 Å². The molecule has 0 spiro atoms. The standard InChI is InChI=1S/C16H17NO4/c1-20-13-6-3-11(4-7-13)9-14(17-19)12-5-8-15(18)16(10-12)21-2/h3-8,10,18-19H,9H2,1-2H3/b17-14-. The molecule has 0 aromatic heterocycles. The zero-order chi connectivity index (χ0) is 15.2. The van der Waals surface area contributed by atoms with Crippen molar-refractivity contribution in [2.75, 3.05) is 14.2 Å². The number of benzene rings is 2. The highest BCUT2D eigenvalue weighted by Gasteiger charge is 2.10. The fraction of sp³-hybridized carbons (Fsp3) is 0.188. The molecular formula is C16H17NO4. The Labute approximate surface area is 123 Å². The number of phenolic OH excluding ortho intramolecular Hbond substituents is 1. The lowest BCUT2D eigenvalue weighted by molar-refractivity contribution is 0.318. The largest absolute Gasteiger partial charge is 0.504 e. The molecule has 0 aliphatic carbocycles. The van der Waals surface area contributed by atoms with Gasteiger partial charge < -0.3 is 19.8 Å². The molecule has 5 heteroatoms. The van der Waals surface area contributed by atoms with Crippen molar-refractivity contribution >= 4 is 5.71 Å². The third-order valence-corrected chi connectivity index (χ3v) is 3.16. The van der Waals surface area contributed by atoms with Crippen LogP contribution in [0.1, 0.15) is 11.1 Å². The minimum Gasteiger partial charge on any atom is -0.504 e. The van der Waals surface area contributed by atoms with Crippen molar-refractivity contribution in [3.8, 4) is 17.2 Å².